The third-order valence-electron chi connectivity index (χ3n) is 2.29. The Morgan fingerprint density at radius 1 is 1.32 bits per heavy atom. The van der Waals surface area contributed by atoms with Crippen LogP contribution < -0.4 is 11.5 Å². The maximum absolute atomic E-state index is 13.1. The van der Waals surface area contributed by atoms with Crippen LogP contribution in [0, 0.1) is 5.82 Å². The van der Waals surface area contributed by atoms with Gasteiger partial charge in [-0.3, -0.25) is 4.79 Å². The Balaban J connectivity index is 2.45. The first-order chi connectivity index (χ1) is 8.80. The molecule has 1 amide bonds. The zero-order chi connectivity index (χ0) is 14.5. The first kappa shape index (κ1) is 15.8. The average Bonchev–Trinajstić information content (AvgIpc) is 2.31. The molecule has 0 unspecified atom stereocenters. The van der Waals surface area contributed by atoms with E-state index in [2.05, 4.69) is 0 Å². The third kappa shape index (κ3) is 5.93. The van der Waals surface area contributed by atoms with Gasteiger partial charge in [-0.25, -0.2) is 12.8 Å². The van der Waals surface area contributed by atoms with Gasteiger partial charge in [0.05, 0.1) is 17.2 Å². The molecular formula is C11H15FN2O3S2. The normalized spacial score (nSPS) is 11.4. The summed E-state index contributed by atoms with van der Waals surface area (Å²) in [4.78, 5) is 11.1. The number of carbonyl (C=O) groups excluding carboxylic acids is 1. The summed E-state index contributed by atoms with van der Waals surface area (Å²) in [6.07, 6.45) is -0.177. The van der Waals surface area contributed by atoms with Gasteiger partial charge in [-0.15, -0.1) is 11.8 Å². The molecule has 5 nitrogen and oxygen atoms in total. The lowest BCUT2D eigenvalue weighted by molar-refractivity contribution is -0.117. The van der Waals surface area contributed by atoms with Crippen LogP contribution in [0.2, 0.25) is 0 Å². The van der Waals surface area contributed by atoms with Crippen molar-refractivity contribution in [2.75, 3.05) is 23.0 Å². The molecule has 0 radical (unpaired) electrons. The van der Waals surface area contributed by atoms with Gasteiger partial charge >= 0.3 is 0 Å². The molecular weight excluding hydrogens is 291 g/mol. The molecule has 0 bridgehead atoms. The van der Waals surface area contributed by atoms with Crippen LogP contribution >= 0.6 is 11.8 Å². The number of thioether (sulfide) groups is 1. The number of rotatable bonds is 7. The van der Waals surface area contributed by atoms with E-state index in [0.29, 0.717) is 4.90 Å². The number of carbonyl (C=O) groups is 1. The minimum atomic E-state index is -3.31. The van der Waals surface area contributed by atoms with Crippen molar-refractivity contribution in [3.05, 3.63) is 24.0 Å². The summed E-state index contributed by atoms with van der Waals surface area (Å²) in [5.41, 5.74) is 10.3. The van der Waals surface area contributed by atoms with Crippen LogP contribution in [0.5, 0.6) is 0 Å². The summed E-state index contributed by atoms with van der Waals surface area (Å²) in [5.74, 6) is -1.22. The quantitative estimate of drug-likeness (QED) is 0.572. The van der Waals surface area contributed by atoms with Crippen LogP contribution in [0.4, 0.5) is 10.1 Å². The number of sulfone groups is 1. The van der Waals surface area contributed by atoms with Crippen molar-refractivity contribution in [1.29, 1.82) is 0 Å². The van der Waals surface area contributed by atoms with Crippen molar-refractivity contribution in [3.8, 4) is 0 Å². The molecule has 1 aromatic carbocycles. The summed E-state index contributed by atoms with van der Waals surface area (Å²) in [6.45, 7) is 0. The van der Waals surface area contributed by atoms with Crippen molar-refractivity contribution in [2.24, 2.45) is 5.73 Å². The molecule has 0 aliphatic rings. The van der Waals surface area contributed by atoms with E-state index in [1.807, 2.05) is 0 Å². The molecule has 0 aliphatic heterocycles. The Hall–Kier alpha value is -1.28. The van der Waals surface area contributed by atoms with Crippen molar-refractivity contribution in [3.63, 3.8) is 0 Å². The monoisotopic (exact) mass is 306 g/mol. The molecule has 19 heavy (non-hydrogen) atoms. The van der Waals surface area contributed by atoms with Crippen LogP contribution in [0.3, 0.4) is 0 Å². The molecule has 0 aliphatic carbocycles. The molecule has 0 aromatic heterocycles. The highest BCUT2D eigenvalue weighted by atomic mass is 32.2. The molecule has 106 valence electrons. The molecule has 8 heteroatoms. The van der Waals surface area contributed by atoms with E-state index in [-0.39, 0.29) is 29.4 Å². The summed E-state index contributed by atoms with van der Waals surface area (Å²) < 4.78 is 36.2. The molecule has 4 N–H and O–H groups in total. The van der Waals surface area contributed by atoms with E-state index in [0.717, 1.165) is 0 Å². The fraction of sp³-hybridized carbons (Fsp3) is 0.364. The van der Waals surface area contributed by atoms with E-state index in [4.69, 9.17) is 11.5 Å². The Morgan fingerprint density at radius 3 is 2.58 bits per heavy atom. The zero-order valence-electron chi connectivity index (χ0n) is 10.1. The highest BCUT2D eigenvalue weighted by Gasteiger charge is 2.12. The fourth-order valence-corrected chi connectivity index (χ4v) is 3.89. The van der Waals surface area contributed by atoms with Gasteiger partial charge in [0.2, 0.25) is 5.91 Å². The predicted molar refractivity (Wildman–Crippen MR) is 74.0 cm³/mol. The summed E-state index contributed by atoms with van der Waals surface area (Å²) in [6, 6.07) is 4.31. The first-order valence-corrected chi connectivity index (χ1v) is 8.27. The van der Waals surface area contributed by atoms with Crippen LogP contribution in [-0.2, 0) is 14.6 Å². The van der Waals surface area contributed by atoms with E-state index in [1.165, 1.54) is 23.9 Å². The number of amides is 1. The molecule has 0 saturated carbocycles. The lowest BCUT2D eigenvalue weighted by Gasteiger charge is -2.04. The van der Waals surface area contributed by atoms with E-state index in [1.54, 1.807) is 6.07 Å². The maximum atomic E-state index is 13.1. The number of hydrogen-bond acceptors (Lipinski definition) is 5. The molecule has 0 atom stereocenters. The van der Waals surface area contributed by atoms with Gasteiger partial charge in [-0.05, 0) is 18.2 Å². The number of benzene rings is 1. The number of halogens is 1. The lowest BCUT2D eigenvalue weighted by Crippen LogP contribution is -2.19. The molecule has 0 spiro atoms. The number of anilines is 1. The second kappa shape index (κ2) is 6.76. The van der Waals surface area contributed by atoms with Gasteiger partial charge in [0.25, 0.3) is 0 Å². The third-order valence-corrected chi connectivity index (χ3v) is 5.20. The zero-order valence-corrected chi connectivity index (χ0v) is 11.8. The Labute approximate surface area is 115 Å². The fourth-order valence-electron chi connectivity index (χ4n) is 1.24. The van der Waals surface area contributed by atoms with Gasteiger partial charge in [0.15, 0.2) is 9.84 Å². The Morgan fingerprint density at radius 2 is 2.00 bits per heavy atom. The topological polar surface area (TPSA) is 103 Å². The van der Waals surface area contributed by atoms with E-state index in [9.17, 15) is 17.6 Å². The Kier molecular flexibility index (Phi) is 5.61. The number of nitrogen functional groups attached to an aromatic ring is 1. The SMILES string of the molecule is NC(=O)CCS(=O)(=O)CCSc1ccc(N)c(F)c1. The highest BCUT2D eigenvalue weighted by molar-refractivity contribution is 8.00. The van der Waals surface area contributed by atoms with Gasteiger partial charge in [-0.1, -0.05) is 0 Å². The summed E-state index contributed by atoms with van der Waals surface area (Å²) in [5, 5.41) is 0. The second-order valence-electron chi connectivity index (χ2n) is 3.90. The molecule has 1 aromatic rings. The van der Waals surface area contributed by atoms with Gasteiger partial charge in [0, 0.05) is 17.1 Å². The van der Waals surface area contributed by atoms with Crippen LogP contribution in [0.25, 0.3) is 0 Å². The molecule has 1 rings (SSSR count). The van der Waals surface area contributed by atoms with Gasteiger partial charge < -0.3 is 11.5 Å². The minimum absolute atomic E-state index is 0.0541. The van der Waals surface area contributed by atoms with E-state index < -0.39 is 21.6 Å². The summed E-state index contributed by atoms with van der Waals surface area (Å²) in [7, 11) is -3.31. The molecule has 0 heterocycles. The van der Waals surface area contributed by atoms with Gasteiger partial charge in [0.1, 0.15) is 5.82 Å². The predicted octanol–water partition coefficient (Wildman–Crippen LogP) is 0.790. The average molecular weight is 306 g/mol. The smallest absolute Gasteiger partial charge is 0.218 e. The van der Waals surface area contributed by atoms with Crippen LogP contribution in [-0.4, -0.2) is 31.6 Å². The summed E-state index contributed by atoms with van der Waals surface area (Å²) >= 11 is 1.21. The molecule has 0 saturated heterocycles. The largest absolute Gasteiger partial charge is 0.396 e. The van der Waals surface area contributed by atoms with Crippen molar-refractivity contribution < 1.29 is 17.6 Å². The standard InChI is InChI=1S/C11H15FN2O3S2/c12-9-7-8(1-2-10(9)13)18-4-6-19(16,17)5-3-11(14)15/h1-2,7H,3-6,13H2,(H2,14,15). The highest BCUT2D eigenvalue weighted by Crippen LogP contribution is 2.22. The number of primary amides is 1. The van der Waals surface area contributed by atoms with Crippen molar-refractivity contribution in [2.45, 2.75) is 11.3 Å². The van der Waals surface area contributed by atoms with Crippen molar-refractivity contribution >= 4 is 33.2 Å². The van der Waals surface area contributed by atoms with Gasteiger partial charge in [-0.2, -0.15) is 0 Å². The lowest BCUT2D eigenvalue weighted by atomic mass is 10.3. The second-order valence-corrected chi connectivity index (χ2v) is 7.37. The number of hydrogen-bond donors (Lipinski definition) is 2. The van der Waals surface area contributed by atoms with E-state index >= 15 is 0 Å². The number of nitrogens with two attached hydrogens (primary N) is 2. The Bertz CT molecular complexity index is 561. The maximum Gasteiger partial charge on any atom is 0.218 e. The van der Waals surface area contributed by atoms with Crippen LogP contribution in [0.15, 0.2) is 23.1 Å². The first-order valence-electron chi connectivity index (χ1n) is 5.47. The van der Waals surface area contributed by atoms with Crippen molar-refractivity contribution in [1.82, 2.24) is 0 Å². The molecule has 0 fully saturated rings. The minimum Gasteiger partial charge on any atom is -0.396 e. The van der Waals surface area contributed by atoms with Crippen LogP contribution in [0.1, 0.15) is 6.42 Å².